The van der Waals surface area contributed by atoms with Gasteiger partial charge in [0.1, 0.15) is 5.75 Å². The molecule has 1 aliphatic rings. The van der Waals surface area contributed by atoms with Crippen LogP contribution in [0.1, 0.15) is 23.6 Å². The fourth-order valence-corrected chi connectivity index (χ4v) is 3.55. The van der Waals surface area contributed by atoms with Crippen molar-refractivity contribution >= 4 is 33.6 Å². The van der Waals surface area contributed by atoms with Gasteiger partial charge in [-0.2, -0.15) is 0 Å². The second kappa shape index (κ2) is 8.00. The van der Waals surface area contributed by atoms with Gasteiger partial charge >= 0.3 is 12.0 Å². The summed E-state index contributed by atoms with van der Waals surface area (Å²) in [7, 11) is 1.56. The number of nitrogens with zero attached hydrogens (tertiary/aromatic N) is 2. The van der Waals surface area contributed by atoms with Crippen LogP contribution in [0.15, 0.2) is 46.9 Å². The van der Waals surface area contributed by atoms with Gasteiger partial charge in [0.2, 0.25) is 0 Å². The molecule has 1 fully saturated rings. The lowest BCUT2D eigenvalue weighted by Crippen LogP contribution is -2.35. The van der Waals surface area contributed by atoms with Crippen molar-refractivity contribution in [2.24, 2.45) is 0 Å². The van der Waals surface area contributed by atoms with E-state index in [0.717, 1.165) is 21.3 Å². The number of carbonyl (C=O) groups is 2. The molecule has 0 radical (unpaired) electrons. The van der Waals surface area contributed by atoms with Crippen LogP contribution in [0.4, 0.5) is 10.5 Å². The molecular weight excluding hydrogens is 412 g/mol. The minimum absolute atomic E-state index is 0.161. The largest absolute Gasteiger partial charge is 0.497 e. The normalized spacial score (nSPS) is 15.1. The van der Waals surface area contributed by atoms with Crippen molar-refractivity contribution in [3.63, 3.8) is 0 Å². The number of urea groups is 1. The summed E-state index contributed by atoms with van der Waals surface area (Å²) in [5.74, 6) is -0.316. The van der Waals surface area contributed by atoms with Crippen molar-refractivity contribution in [1.29, 1.82) is 0 Å². The van der Waals surface area contributed by atoms with Crippen LogP contribution in [0.2, 0.25) is 0 Å². The van der Waals surface area contributed by atoms with Gasteiger partial charge in [0.15, 0.2) is 0 Å². The summed E-state index contributed by atoms with van der Waals surface area (Å²) >= 11 is 3.47. The monoisotopic (exact) mass is 432 g/mol. The van der Waals surface area contributed by atoms with Crippen molar-refractivity contribution in [3.05, 3.63) is 58.1 Å². The highest BCUT2D eigenvalue weighted by Gasteiger charge is 2.36. The van der Waals surface area contributed by atoms with E-state index in [9.17, 15) is 14.7 Å². The zero-order valence-corrected chi connectivity index (χ0v) is 16.8. The highest BCUT2D eigenvalue weighted by atomic mass is 79.9. The first-order chi connectivity index (χ1) is 12.9. The summed E-state index contributed by atoms with van der Waals surface area (Å²) in [6, 6.07) is 12.2. The number of benzene rings is 2. The third-order valence-corrected chi connectivity index (χ3v) is 5.61. The minimum atomic E-state index is -0.950. The van der Waals surface area contributed by atoms with Crippen molar-refractivity contribution in [3.8, 4) is 5.75 Å². The molecular formula is C20H21BrN2O4. The topological polar surface area (TPSA) is 70.1 Å². The van der Waals surface area contributed by atoms with Crippen LogP contribution in [0, 0.1) is 6.92 Å². The lowest BCUT2D eigenvalue weighted by Gasteiger charge is -2.27. The van der Waals surface area contributed by atoms with E-state index < -0.39 is 12.0 Å². The molecule has 0 spiro atoms. The molecule has 0 bridgehead atoms. The fourth-order valence-electron chi connectivity index (χ4n) is 3.30. The molecule has 0 aromatic heterocycles. The maximum Gasteiger partial charge on any atom is 0.325 e. The Labute approximate surface area is 166 Å². The van der Waals surface area contributed by atoms with Crippen molar-refractivity contribution in [2.45, 2.75) is 19.4 Å². The number of hydrogen-bond donors (Lipinski definition) is 1. The molecule has 2 aromatic rings. The Bertz CT molecular complexity index is 871. The number of aryl methyl sites for hydroxylation is 1. The summed E-state index contributed by atoms with van der Waals surface area (Å²) in [6.07, 6.45) is -0.161. The van der Waals surface area contributed by atoms with Crippen LogP contribution in [-0.4, -0.2) is 42.2 Å². The summed E-state index contributed by atoms with van der Waals surface area (Å²) in [6.45, 7) is 2.94. The third kappa shape index (κ3) is 4.08. The first-order valence-corrected chi connectivity index (χ1v) is 9.40. The zero-order chi connectivity index (χ0) is 19.6. The van der Waals surface area contributed by atoms with Crippen LogP contribution < -0.4 is 9.64 Å². The molecule has 2 aromatic carbocycles. The number of anilines is 1. The second-order valence-electron chi connectivity index (χ2n) is 6.45. The highest BCUT2D eigenvalue weighted by Crippen LogP contribution is 2.33. The van der Waals surface area contributed by atoms with E-state index in [4.69, 9.17) is 4.74 Å². The maximum absolute atomic E-state index is 13.1. The predicted octanol–water partition coefficient (Wildman–Crippen LogP) is 4.22. The molecule has 27 heavy (non-hydrogen) atoms. The van der Waals surface area contributed by atoms with E-state index in [-0.39, 0.29) is 12.5 Å². The van der Waals surface area contributed by atoms with E-state index in [1.807, 2.05) is 31.2 Å². The lowest BCUT2D eigenvalue weighted by atomic mass is 10.0. The van der Waals surface area contributed by atoms with Crippen LogP contribution in [0.25, 0.3) is 0 Å². The number of carbonyl (C=O) groups excluding carboxylic acids is 1. The molecule has 1 N–H and O–H groups in total. The average molecular weight is 433 g/mol. The molecule has 1 unspecified atom stereocenters. The molecule has 2 amide bonds. The van der Waals surface area contributed by atoms with E-state index in [0.29, 0.717) is 18.8 Å². The smallest absolute Gasteiger partial charge is 0.325 e. The van der Waals surface area contributed by atoms with Crippen LogP contribution in [0.5, 0.6) is 5.75 Å². The Morgan fingerprint density at radius 2 is 2.04 bits per heavy atom. The summed E-state index contributed by atoms with van der Waals surface area (Å²) in [4.78, 5) is 27.8. The first-order valence-electron chi connectivity index (χ1n) is 8.60. The number of halogens is 1. The fraction of sp³-hybridized carbons (Fsp3) is 0.300. The Hall–Kier alpha value is -2.54. The number of hydrogen-bond acceptors (Lipinski definition) is 3. The van der Waals surface area contributed by atoms with Gasteiger partial charge in [-0.3, -0.25) is 9.69 Å². The lowest BCUT2D eigenvalue weighted by molar-refractivity contribution is -0.138. The van der Waals surface area contributed by atoms with E-state index in [1.165, 1.54) is 0 Å². The summed E-state index contributed by atoms with van der Waals surface area (Å²) in [5.41, 5.74) is 2.59. The third-order valence-electron chi connectivity index (χ3n) is 4.72. The zero-order valence-electron chi connectivity index (χ0n) is 15.2. The Balaban J connectivity index is 1.90. The SMILES string of the molecule is COc1cccc(C(CC(=O)O)N2CCN(c3ccc(Br)c(C)c3)C2=O)c1. The van der Waals surface area contributed by atoms with Gasteiger partial charge in [-0.1, -0.05) is 28.1 Å². The van der Waals surface area contributed by atoms with Gasteiger partial charge in [0.25, 0.3) is 0 Å². The van der Waals surface area contributed by atoms with Gasteiger partial charge in [0, 0.05) is 23.2 Å². The number of amides is 2. The molecule has 6 nitrogen and oxygen atoms in total. The standard InChI is InChI=1S/C20H21BrN2O4/c1-13-10-15(6-7-17(13)21)22-8-9-23(20(22)26)18(12-19(24)25)14-4-3-5-16(11-14)27-2/h3-7,10-11,18H,8-9,12H2,1-2H3,(H,24,25). The van der Waals surface area contributed by atoms with Crippen LogP contribution >= 0.6 is 15.9 Å². The molecule has 3 rings (SSSR count). The molecule has 142 valence electrons. The number of ether oxygens (including phenoxy) is 1. The van der Waals surface area contributed by atoms with Crippen LogP contribution in [0.3, 0.4) is 0 Å². The summed E-state index contributed by atoms with van der Waals surface area (Å²) < 4.78 is 6.23. The number of rotatable bonds is 6. The Morgan fingerprint density at radius 1 is 1.26 bits per heavy atom. The molecule has 7 heteroatoms. The molecule has 0 aliphatic carbocycles. The molecule has 1 saturated heterocycles. The van der Waals surface area contributed by atoms with Gasteiger partial charge in [-0.15, -0.1) is 0 Å². The number of carboxylic acids is 1. The van der Waals surface area contributed by atoms with Crippen molar-refractivity contribution in [1.82, 2.24) is 4.90 Å². The minimum Gasteiger partial charge on any atom is -0.497 e. The molecule has 1 atom stereocenters. The van der Waals surface area contributed by atoms with Crippen molar-refractivity contribution in [2.75, 3.05) is 25.1 Å². The van der Waals surface area contributed by atoms with Crippen LogP contribution in [-0.2, 0) is 4.79 Å². The quantitative estimate of drug-likeness (QED) is 0.741. The first kappa shape index (κ1) is 19.2. The number of aliphatic carboxylic acids is 1. The molecule has 1 heterocycles. The Kier molecular flexibility index (Phi) is 5.70. The van der Waals surface area contributed by atoms with Gasteiger partial charge in [-0.25, -0.2) is 4.79 Å². The number of methoxy groups -OCH3 is 1. The van der Waals surface area contributed by atoms with Crippen molar-refractivity contribution < 1.29 is 19.4 Å². The average Bonchev–Trinajstić information content (AvgIpc) is 3.03. The molecule has 1 aliphatic heterocycles. The van der Waals surface area contributed by atoms with E-state index in [1.54, 1.807) is 35.1 Å². The molecule has 0 saturated carbocycles. The second-order valence-corrected chi connectivity index (χ2v) is 7.31. The Morgan fingerprint density at radius 3 is 2.70 bits per heavy atom. The summed E-state index contributed by atoms with van der Waals surface area (Å²) in [5, 5.41) is 9.38. The maximum atomic E-state index is 13.1. The van der Waals surface area contributed by atoms with Gasteiger partial charge < -0.3 is 14.7 Å². The number of carboxylic acid groups (broad SMARTS) is 1. The predicted molar refractivity (Wildman–Crippen MR) is 106 cm³/mol. The van der Waals surface area contributed by atoms with E-state index in [2.05, 4.69) is 15.9 Å². The van der Waals surface area contributed by atoms with Gasteiger partial charge in [-0.05, 0) is 48.4 Å². The highest BCUT2D eigenvalue weighted by molar-refractivity contribution is 9.10. The van der Waals surface area contributed by atoms with E-state index >= 15 is 0 Å². The van der Waals surface area contributed by atoms with Gasteiger partial charge in [0.05, 0.1) is 19.6 Å².